The third kappa shape index (κ3) is 2.93. The van der Waals surface area contributed by atoms with Crippen molar-refractivity contribution in [3.05, 3.63) is 23.8 Å². The van der Waals surface area contributed by atoms with Crippen molar-refractivity contribution in [1.82, 2.24) is 15.1 Å². The summed E-state index contributed by atoms with van der Waals surface area (Å²) in [7, 11) is 0. The molecule has 3 aliphatic heterocycles. The fourth-order valence-electron chi connectivity index (χ4n) is 3.74. The number of hydrogen-bond acceptors (Lipinski definition) is 5. The van der Waals surface area contributed by atoms with Gasteiger partial charge in [0, 0.05) is 38.8 Å². The van der Waals surface area contributed by atoms with E-state index in [-0.39, 0.29) is 0 Å². The minimum atomic E-state index is 0.352. The van der Waals surface area contributed by atoms with Crippen molar-refractivity contribution in [2.45, 2.75) is 18.9 Å². The first-order valence-electron chi connectivity index (χ1n) is 8.47. The Morgan fingerprint density at radius 3 is 2.59 bits per heavy atom. The fourth-order valence-corrected chi connectivity index (χ4v) is 3.74. The van der Waals surface area contributed by atoms with Gasteiger partial charge in [-0.05, 0) is 43.6 Å². The van der Waals surface area contributed by atoms with Crippen molar-refractivity contribution in [2.75, 3.05) is 52.6 Å². The van der Waals surface area contributed by atoms with E-state index in [0.717, 1.165) is 44.2 Å². The topological polar surface area (TPSA) is 37.0 Å². The molecule has 120 valence electrons. The Bertz CT molecular complexity index is 511. The van der Waals surface area contributed by atoms with Crippen molar-refractivity contribution in [1.29, 1.82) is 0 Å². The Morgan fingerprint density at radius 1 is 1.00 bits per heavy atom. The highest BCUT2D eigenvalue weighted by molar-refractivity contribution is 5.45. The zero-order chi connectivity index (χ0) is 14.8. The van der Waals surface area contributed by atoms with E-state index in [2.05, 4.69) is 33.3 Å². The van der Waals surface area contributed by atoms with Gasteiger partial charge in [0.25, 0.3) is 0 Å². The Labute approximate surface area is 132 Å². The molecule has 3 heterocycles. The number of ether oxygens (including phenoxy) is 2. The number of benzene rings is 1. The summed E-state index contributed by atoms with van der Waals surface area (Å²) in [5.41, 5.74) is 1.37. The van der Waals surface area contributed by atoms with Crippen LogP contribution in [0.2, 0.25) is 0 Å². The SMILES string of the molecule is c1cc2c(cc1C(CN1CCNCC1)N1CCCC1)OCO2. The van der Waals surface area contributed by atoms with E-state index >= 15 is 0 Å². The monoisotopic (exact) mass is 303 g/mol. The maximum atomic E-state index is 5.58. The summed E-state index contributed by atoms with van der Waals surface area (Å²) in [5.74, 6) is 1.79. The van der Waals surface area contributed by atoms with Crippen LogP contribution in [0.4, 0.5) is 0 Å². The van der Waals surface area contributed by atoms with Gasteiger partial charge in [0.15, 0.2) is 11.5 Å². The van der Waals surface area contributed by atoms with Gasteiger partial charge in [-0.25, -0.2) is 0 Å². The summed E-state index contributed by atoms with van der Waals surface area (Å²) in [6.07, 6.45) is 2.64. The standard InChI is InChI=1S/C17H25N3O2/c1-2-8-20(7-1)15(12-19-9-5-18-6-10-19)14-3-4-16-17(11-14)22-13-21-16/h3-4,11,15,18H,1-2,5-10,12-13H2. The van der Waals surface area contributed by atoms with Crippen LogP contribution in [0.5, 0.6) is 11.5 Å². The number of rotatable bonds is 4. The number of likely N-dealkylation sites (tertiary alicyclic amines) is 1. The lowest BCUT2D eigenvalue weighted by atomic mass is 10.0. The summed E-state index contributed by atoms with van der Waals surface area (Å²) >= 11 is 0. The molecular weight excluding hydrogens is 278 g/mol. The Morgan fingerprint density at radius 2 is 1.77 bits per heavy atom. The maximum Gasteiger partial charge on any atom is 0.231 e. The number of piperazine rings is 1. The molecule has 0 aromatic heterocycles. The minimum Gasteiger partial charge on any atom is -0.454 e. The maximum absolute atomic E-state index is 5.58. The van der Waals surface area contributed by atoms with Crippen LogP contribution in [0.15, 0.2) is 18.2 Å². The molecule has 3 aliphatic rings. The summed E-state index contributed by atoms with van der Waals surface area (Å²) in [5, 5.41) is 3.44. The third-order valence-electron chi connectivity index (χ3n) is 5.00. The molecule has 0 saturated carbocycles. The van der Waals surface area contributed by atoms with Gasteiger partial charge in [-0.2, -0.15) is 0 Å². The zero-order valence-corrected chi connectivity index (χ0v) is 13.1. The van der Waals surface area contributed by atoms with Gasteiger partial charge in [-0.1, -0.05) is 6.07 Å². The van der Waals surface area contributed by atoms with E-state index in [1.165, 1.54) is 31.5 Å². The predicted octanol–water partition coefficient (Wildman–Crippen LogP) is 1.46. The van der Waals surface area contributed by atoms with Gasteiger partial charge < -0.3 is 14.8 Å². The van der Waals surface area contributed by atoms with E-state index in [4.69, 9.17) is 9.47 Å². The molecule has 0 aliphatic carbocycles. The molecule has 1 aromatic rings. The number of nitrogens with one attached hydrogen (secondary N) is 1. The quantitative estimate of drug-likeness (QED) is 0.911. The van der Waals surface area contributed by atoms with Gasteiger partial charge in [0.1, 0.15) is 0 Å². The summed E-state index contributed by atoms with van der Waals surface area (Å²) < 4.78 is 11.0. The molecule has 2 fully saturated rings. The van der Waals surface area contributed by atoms with Gasteiger partial charge in [-0.15, -0.1) is 0 Å². The van der Waals surface area contributed by atoms with E-state index in [0.29, 0.717) is 12.8 Å². The molecule has 22 heavy (non-hydrogen) atoms. The molecule has 1 unspecified atom stereocenters. The lowest BCUT2D eigenvalue weighted by Crippen LogP contribution is -2.47. The molecule has 1 atom stereocenters. The zero-order valence-electron chi connectivity index (χ0n) is 13.1. The van der Waals surface area contributed by atoms with E-state index in [9.17, 15) is 0 Å². The number of fused-ring (bicyclic) bond motifs is 1. The normalized spacial score (nSPS) is 23.8. The van der Waals surface area contributed by atoms with Crippen molar-refractivity contribution >= 4 is 0 Å². The number of hydrogen-bond donors (Lipinski definition) is 1. The van der Waals surface area contributed by atoms with Crippen LogP contribution in [0, 0.1) is 0 Å². The second-order valence-electron chi connectivity index (χ2n) is 6.42. The molecule has 2 saturated heterocycles. The fraction of sp³-hybridized carbons (Fsp3) is 0.647. The van der Waals surface area contributed by atoms with Crippen LogP contribution in [0.25, 0.3) is 0 Å². The van der Waals surface area contributed by atoms with E-state index in [1.807, 2.05) is 0 Å². The molecule has 0 radical (unpaired) electrons. The first-order chi connectivity index (χ1) is 10.9. The average molecular weight is 303 g/mol. The second kappa shape index (κ2) is 6.44. The van der Waals surface area contributed by atoms with Gasteiger partial charge in [0.05, 0.1) is 0 Å². The van der Waals surface area contributed by atoms with Crippen LogP contribution in [0.1, 0.15) is 24.4 Å². The first-order valence-corrected chi connectivity index (χ1v) is 8.47. The summed E-state index contributed by atoms with van der Waals surface area (Å²) in [6, 6.07) is 6.94. The Balaban J connectivity index is 1.55. The van der Waals surface area contributed by atoms with Gasteiger partial charge in [0.2, 0.25) is 6.79 Å². The Kier molecular flexibility index (Phi) is 4.19. The third-order valence-corrected chi connectivity index (χ3v) is 5.00. The number of nitrogens with zero attached hydrogens (tertiary/aromatic N) is 2. The highest BCUT2D eigenvalue weighted by atomic mass is 16.7. The molecule has 0 spiro atoms. The lowest BCUT2D eigenvalue weighted by Gasteiger charge is -2.35. The molecule has 0 amide bonds. The Hall–Kier alpha value is -1.30. The lowest BCUT2D eigenvalue weighted by molar-refractivity contribution is 0.149. The average Bonchev–Trinajstić information content (AvgIpc) is 3.24. The smallest absolute Gasteiger partial charge is 0.231 e. The predicted molar refractivity (Wildman–Crippen MR) is 85.4 cm³/mol. The molecule has 4 rings (SSSR count). The van der Waals surface area contributed by atoms with Crippen LogP contribution < -0.4 is 14.8 Å². The summed E-state index contributed by atoms with van der Waals surface area (Å²) in [4.78, 5) is 5.23. The van der Waals surface area contributed by atoms with Gasteiger partial charge >= 0.3 is 0 Å². The van der Waals surface area contributed by atoms with Crippen molar-refractivity contribution in [2.24, 2.45) is 0 Å². The van der Waals surface area contributed by atoms with E-state index < -0.39 is 0 Å². The van der Waals surface area contributed by atoms with Crippen LogP contribution in [-0.4, -0.2) is 62.4 Å². The minimum absolute atomic E-state index is 0.352. The molecule has 1 aromatic carbocycles. The molecule has 5 heteroatoms. The van der Waals surface area contributed by atoms with Crippen LogP contribution >= 0.6 is 0 Å². The molecule has 1 N–H and O–H groups in total. The van der Waals surface area contributed by atoms with Crippen molar-refractivity contribution in [3.63, 3.8) is 0 Å². The van der Waals surface area contributed by atoms with Crippen LogP contribution in [-0.2, 0) is 0 Å². The van der Waals surface area contributed by atoms with Crippen LogP contribution in [0.3, 0.4) is 0 Å². The summed E-state index contributed by atoms with van der Waals surface area (Å²) in [6.45, 7) is 8.40. The van der Waals surface area contributed by atoms with Crippen molar-refractivity contribution < 1.29 is 9.47 Å². The van der Waals surface area contributed by atoms with Gasteiger partial charge in [-0.3, -0.25) is 9.80 Å². The highest BCUT2D eigenvalue weighted by Gasteiger charge is 2.27. The van der Waals surface area contributed by atoms with E-state index in [1.54, 1.807) is 0 Å². The molecular formula is C17H25N3O2. The largest absolute Gasteiger partial charge is 0.454 e. The molecule has 0 bridgehead atoms. The molecule has 5 nitrogen and oxygen atoms in total. The first kappa shape index (κ1) is 14.3. The highest BCUT2D eigenvalue weighted by Crippen LogP contribution is 2.36. The van der Waals surface area contributed by atoms with Crippen molar-refractivity contribution in [3.8, 4) is 11.5 Å². The second-order valence-corrected chi connectivity index (χ2v) is 6.42.